The van der Waals surface area contributed by atoms with Gasteiger partial charge >= 0.3 is 0 Å². The fraction of sp³-hybridized carbons (Fsp3) is 0.500. The summed E-state index contributed by atoms with van der Waals surface area (Å²) in [5.74, 6) is -5.00. The topological polar surface area (TPSA) is 76.1 Å². The largest absolute Gasteiger partial charge is 0.274 e. The summed E-state index contributed by atoms with van der Waals surface area (Å²) in [6.45, 7) is 0. The Labute approximate surface area is 125 Å². The van der Waals surface area contributed by atoms with Crippen molar-refractivity contribution in [1.29, 1.82) is 0 Å². The Hall–Kier alpha value is -1.28. The van der Waals surface area contributed by atoms with Crippen LogP contribution in [0.3, 0.4) is 0 Å². The van der Waals surface area contributed by atoms with E-state index in [0.29, 0.717) is 6.42 Å². The van der Waals surface area contributed by atoms with Crippen LogP contribution in [0, 0.1) is 5.92 Å². The van der Waals surface area contributed by atoms with Crippen LogP contribution < -0.4 is 4.72 Å². The molecule has 1 amide bonds. The van der Waals surface area contributed by atoms with E-state index in [1.165, 1.54) is 6.20 Å². The number of nitrogens with one attached hydrogen (secondary N) is 1. The monoisotopic (exact) mass is 338 g/mol. The molecule has 1 saturated carbocycles. The van der Waals surface area contributed by atoms with Crippen molar-refractivity contribution in [2.75, 3.05) is 0 Å². The minimum absolute atomic E-state index is 0.0904. The van der Waals surface area contributed by atoms with Gasteiger partial charge in [-0.2, -0.15) is 0 Å². The Bertz CT molecular complexity index is 652. The number of halogens is 3. The molecule has 0 aliphatic heterocycles. The van der Waals surface area contributed by atoms with Crippen LogP contribution in [0.1, 0.15) is 25.7 Å². The maximum Gasteiger partial charge on any atom is 0.265 e. The second-order valence-corrected chi connectivity index (χ2v) is 7.04. The van der Waals surface area contributed by atoms with Gasteiger partial charge in [-0.05, 0) is 18.9 Å². The van der Waals surface area contributed by atoms with Crippen molar-refractivity contribution in [2.24, 2.45) is 5.92 Å². The summed E-state index contributed by atoms with van der Waals surface area (Å²) in [6.07, 6.45) is 2.00. The number of nitrogens with zero attached hydrogens (tertiary/aromatic N) is 1. The number of aromatic nitrogens is 1. The zero-order chi connectivity index (χ0) is 15.7. The van der Waals surface area contributed by atoms with Crippen LogP contribution in [0.15, 0.2) is 23.4 Å². The first-order chi connectivity index (χ1) is 9.71. The molecule has 116 valence electrons. The standard InChI is InChI=1S/C12H13ClF2N2O3S/c13-9-5-10(7-16-6-9)21(19,20)17-11(18)4-8-2-1-3-12(8,14)15/h5-8H,1-4H2,(H,17,18). The molecule has 0 aromatic carbocycles. The predicted molar refractivity (Wildman–Crippen MR) is 71.5 cm³/mol. The number of hydrogen-bond donors (Lipinski definition) is 1. The van der Waals surface area contributed by atoms with E-state index >= 15 is 0 Å². The van der Waals surface area contributed by atoms with Crippen molar-refractivity contribution >= 4 is 27.5 Å². The molecule has 2 rings (SSSR count). The molecule has 0 spiro atoms. The lowest BCUT2D eigenvalue weighted by Gasteiger charge is -2.18. The van der Waals surface area contributed by atoms with E-state index in [9.17, 15) is 22.0 Å². The fourth-order valence-corrected chi connectivity index (χ4v) is 3.49. The number of amides is 1. The molecule has 5 nitrogen and oxygen atoms in total. The minimum Gasteiger partial charge on any atom is -0.274 e. The molecule has 0 radical (unpaired) electrons. The summed E-state index contributed by atoms with van der Waals surface area (Å²) in [4.78, 5) is 15.0. The van der Waals surface area contributed by atoms with Crippen molar-refractivity contribution in [1.82, 2.24) is 9.71 Å². The molecule has 1 fully saturated rings. The quantitative estimate of drug-likeness (QED) is 0.914. The summed E-state index contributed by atoms with van der Waals surface area (Å²) in [7, 11) is -4.15. The number of rotatable bonds is 4. The highest BCUT2D eigenvalue weighted by Gasteiger charge is 2.44. The highest BCUT2D eigenvalue weighted by molar-refractivity contribution is 7.90. The van der Waals surface area contributed by atoms with Crippen LogP contribution in [-0.4, -0.2) is 25.2 Å². The molecular weight excluding hydrogens is 326 g/mol. The average molecular weight is 339 g/mol. The number of sulfonamides is 1. The summed E-state index contributed by atoms with van der Waals surface area (Å²) < 4.78 is 52.4. The van der Waals surface area contributed by atoms with Crippen molar-refractivity contribution in [2.45, 2.75) is 36.5 Å². The number of pyridine rings is 1. The predicted octanol–water partition coefficient (Wildman–Crippen LogP) is 2.37. The van der Waals surface area contributed by atoms with Crippen molar-refractivity contribution in [3.05, 3.63) is 23.5 Å². The van der Waals surface area contributed by atoms with Gasteiger partial charge in [-0.1, -0.05) is 11.6 Å². The first-order valence-electron chi connectivity index (χ1n) is 6.25. The second kappa shape index (κ2) is 5.84. The van der Waals surface area contributed by atoms with E-state index in [4.69, 9.17) is 11.6 Å². The average Bonchev–Trinajstić information content (AvgIpc) is 2.68. The molecule has 21 heavy (non-hydrogen) atoms. The van der Waals surface area contributed by atoms with Gasteiger partial charge in [-0.15, -0.1) is 0 Å². The molecular formula is C12H13ClF2N2O3S. The Morgan fingerprint density at radius 1 is 1.48 bits per heavy atom. The maximum absolute atomic E-state index is 13.4. The Kier molecular flexibility index (Phi) is 4.48. The zero-order valence-electron chi connectivity index (χ0n) is 10.9. The normalized spacial score (nSPS) is 21.2. The van der Waals surface area contributed by atoms with Gasteiger partial charge in [0.25, 0.3) is 15.9 Å². The molecule has 1 heterocycles. The SMILES string of the molecule is O=C(CC1CCCC1(F)F)NS(=O)(=O)c1cncc(Cl)c1. The first kappa shape index (κ1) is 16.1. The Balaban J connectivity index is 2.05. The molecule has 1 unspecified atom stereocenters. The summed E-state index contributed by atoms with van der Waals surface area (Å²) in [5.41, 5.74) is 0. The fourth-order valence-electron chi connectivity index (χ4n) is 2.26. The van der Waals surface area contributed by atoms with Gasteiger partial charge in [0.1, 0.15) is 4.90 Å². The van der Waals surface area contributed by atoms with Crippen LogP contribution >= 0.6 is 11.6 Å². The van der Waals surface area contributed by atoms with Crippen LogP contribution in [-0.2, 0) is 14.8 Å². The third-order valence-electron chi connectivity index (χ3n) is 3.33. The van der Waals surface area contributed by atoms with Gasteiger partial charge in [0.15, 0.2) is 0 Å². The van der Waals surface area contributed by atoms with Gasteiger partial charge in [0.2, 0.25) is 5.91 Å². The second-order valence-electron chi connectivity index (χ2n) is 4.92. The molecule has 1 aromatic rings. The van der Waals surface area contributed by atoms with Crippen LogP contribution in [0.5, 0.6) is 0 Å². The lowest BCUT2D eigenvalue weighted by molar-refractivity contribution is -0.123. The number of carbonyl (C=O) groups is 1. The van der Waals surface area contributed by atoms with Gasteiger partial charge < -0.3 is 0 Å². The Morgan fingerprint density at radius 2 is 2.19 bits per heavy atom. The summed E-state index contributed by atoms with van der Waals surface area (Å²) >= 11 is 5.62. The lowest BCUT2D eigenvalue weighted by Crippen LogP contribution is -2.34. The highest BCUT2D eigenvalue weighted by atomic mass is 35.5. The molecule has 0 saturated heterocycles. The number of carbonyl (C=O) groups excluding carboxylic acids is 1. The molecule has 1 aliphatic rings. The van der Waals surface area contributed by atoms with Crippen LogP contribution in [0.25, 0.3) is 0 Å². The smallest absolute Gasteiger partial charge is 0.265 e. The lowest BCUT2D eigenvalue weighted by atomic mass is 10.0. The van der Waals surface area contributed by atoms with Gasteiger partial charge in [-0.25, -0.2) is 21.9 Å². The van der Waals surface area contributed by atoms with Gasteiger partial charge in [-0.3, -0.25) is 9.78 Å². The zero-order valence-corrected chi connectivity index (χ0v) is 12.4. The van der Waals surface area contributed by atoms with Gasteiger partial charge in [0.05, 0.1) is 5.02 Å². The molecule has 1 aromatic heterocycles. The summed E-state index contributed by atoms with van der Waals surface area (Å²) in [5, 5.41) is 0.0904. The Morgan fingerprint density at radius 3 is 2.76 bits per heavy atom. The minimum atomic E-state index is -4.15. The van der Waals surface area contributed by atoms with Crippen molar-refractivity contribution < 1.29 is 22.0 Å². The summed E-state index contributed by atoms with van der Waals surface area (Å²) in [6, 6.07) is 1.12. The first-order valence-corrected chi connectivity index (χ1v) is 8.11. The maximum atomic E-state index is 13.4. The van der Waals surface area contributed by atoms with Crippen LogP contribution in [0.4, 0.5) is 8.78 Å². The number of hydrogen-bond acceptors (Lipinski definition) is 4. The molecule has 1 N–H and O–H groups in total. The molecule has 1 atom stereocenters. The van der Waals surface area contributed by atoms with E-state index < -0.39 is 34.2 Å². The number of alkyl halides is 2. The third kappa shape index (κ3) is 3.88. The van der Waals surface area contributed by atoms with Crippen molar-refractivity contribution in [3.63, 3.8) is 0 Å². The van der Waals surface area contributed by atoms with E-state index in [-0.39, 0.29) is 22.8 Å². The van der Waals surface area contributed by atoms with E-state index in [1.807, 2.05) is 0 Å². The highest BCUT2D eigenvalue weighted by Crippen LogP contribution is 2.42. The van der Waals surface area contributed by atoms with Crippen molar-refractivity contribution in [3.8, 4) is 0 Å². The van der Waals surface area contributed by atoms with E-state index in [0.717, 1.165) is 12.3 Å². The van der Waals surface area contributed by atoms with Gasteiger partial charge in [0, 0.05) is 31.2 Å². The van der Waals surface area contributed by atoms with E-state index in [1.54, 1.807) is 4.72 Å². The van der Waals surface area contributed by atoms with E-state index in [2.05, 4.69) is 4.98 Å². The van der Waals surface area contributed by atoms with Crippen LogP contribution in [0.2, 0.25) is 5.02 Å². The molecule has 0 bridgehead atoms. The molecule has 1 aliphatic carbocycles. The third-order valence-corrected chi connectivity index (χ3v) is 4.88. The molecule has 9 heteroatoms.